The van der Waals surface area contributed by atoms with Gasteiger partial charge in [-0.1, -0.05) is 84.9 Å². The Kier molecular flexibility index (Phi) is 8.90. The predicted octanol–water partition coefficient (Wildman–Crippen LogP) is 8.43. The molecule has 14 nitrogen and oxygen atoms in total. The maximum absolute atomic E-state index is 14.5. The zero-order valence-corrected chi connectivity index (χ0v) is 25.8. The van der Waals surface area contributed by atoms with Gasteiger partial charge in [-0.05, 0) is 35.2 Å². The van der Waals surface area contributed by atoms with Crippen molar-refractivity contribution in [1.29, 1.82) is 0 Å². The number of carbonyl (C=O) groups excluding carboxylic acids is 2. The molecule has 0 aromatic heterocycles. The van der Waals surface area contributed by atoms with Gasteiger partial charge < -0.3 is 20.8 Å². The van der Waals surface area contributed by atoms with Gasteiger partial charge in [0, 0.05) is 23.1 Å². The lowest BCUT2D eigenvalue weighted by Crippen LogP contribution is -2.54. The molecule has 0 aliphatic heterocycles. The SMILES string of the molecule is O=C(Nc1ccccc1-c1ccccc1)N(c1ccc([N+](=O)[O-])cc1O)N(C(=O)Nc1cccc2ccccc12)c1ccc([N+](=O)[O-])cc1O. The summed E-state index contributed by atoms with van der Waals surface area (Å²) in [5.74, 6) is -1.54. The third-order valence-corrected chi connectivity index (χ3v) is 7.67. The van der Waals surface area contributed by atoms with E-state index < -0.39 is 56.2 Å². The molecule has 248 valence electrons. The smallest absolute Gasteiger partial charge is 0.346 e. The number of aromatic hydroxyl groups is 2. The van der Waals surface area contributed by atoms with E-state index in [-0.39, 0.29) is 5.69 Å². The summed E-state index contributed by atoms with van der Waals surface area (Å²) in [7, 11) is 0. The second-order valence-corrected chi connectivity index (χ2v) is 10.8. The third kappa shape index (κ3) is 6.52. The van der Waals surface area contributed by atoms with Gasteiger partial charge in [-0.25, -0.2) is 9.59 Å². The Morgan fingerprint density at radius 2 is 1.04 bits per heavy atom. The second-order valence-electron chi connectivity index (χ2n) is 10.8. The summed E-state index contributed by atoms with van der Waals surface area (Å²) in [6.45, 7) is 0. The molecule has 6 rings (SSSR count). The minimum Gasteiger partial charge on any atom is -0.505 e. The first kappa shape index (κ1) is 32.5. The maximum Gasteiger partial charge on any atom is 0.346 e. The van der Waals surface area contributed by atoms with Crippen molar-refractivity contribution in [1.82, 2.24) is 0 Å². The Hall–Kier alpha value is -7.48. The average molecular weight is 671 g/mol. The molecular weight excluding hydrogens is 644 g/mol. The van der Waals surface area contributed by atoms with E-state index >= 15 is 0 Å². The van der Waals surface area contributed by atoms with E-state index in [1.807, 2.05) is 48.5 Å². The number of nitrogens with zero attached hydrogens (tertiary/aromatic N) is 4. The maximum atomic E-state index is 14.5. The number of phenols is 2. The zero-order valence-electron chi connectivity index (χ0n) is 25.8. The van der Waals surface area contributed by atoms with E-state index in [4.69, 9.17) is 0 Å². The summed E-state index contributed by atoms with van der Waals surface area (Å²) in [5.41, 5.74) is 0.108. The Labute approximate surface area is 283 Å². The quantitative estimate of drug-likeness (QED) is 0.0960. The summed E-state index contributed by atoms with van der Waals surface area (Å²) in [4.78, 5) is 50.5. The third-order valence-electron chi connectivity index (χ3n) is 7.67. The highest BCUT2D eigenvalue weighted by Gasteiger charge is 2.35. The lowest BCUT2D eigenvalue weighted by atomic mass is 10.0. The summed E-state index contributed by atoms with van der Waals surface area (Å²) in [6, 6.07) is 31.8. The molecule has 6 aromatic rings. The van der Waals surface area contributed by atoms with Gasteiger partial charge in [-0.2, -0.15) is 10.0 Å². The average Bonchev–Trinajstić information content (AvgIpc) is 3.11. The van der Waals surface area contributed by atoms with Crippen LogP contribution in [0.2, 0.25) is 0 Å². The van der Waals surface area contributed by atoms with Crippen LogP contribution >= 0.6 is 0 Å². The predicted molar refractivity (Wildman–Crippen MR) is 188 cm³/mol. The van der Waals surface area contributed by atoms with Crippen LogP contribution in [0.3, 0.4) is 0 Å². The number of hydrazine groups is 1. The van der Waals surface area contributed by atoms with Crippen LogP contribution in [0.4, 0.5) is 43.7 Å². The number of anilines is 4. The normalized spacial score (nSPS) is 10.6. The van der Waals surface area contributed by atoms with Crippen LogP contribution in [0.5, 0.6) is 11.5 Å². The number of hydrogen-bond acceptors (Lipinski definition) is 8. The van der Waals surface area contributed by atoms with Crippen molar-refractivity contribution in [2.45, 2.75) is 0 Å². The molecule has 0 heterocycles. The van der Waals surface area contributed by atoms with Gasteiger partial charge in [0.1, 0.15) is 22.9 Å². The van der Waals surface area contributed by atoms with Crippen molar-refractivity contribution in [2.75, 3.05) is 20.7 Å². The van der Waals surface area contributed by atoms with Crippen molar-refractivity contribution >= 4 is 57.0 Å². The van der Waals surface area contributed by atoms with Gasteiger partial charge in [-0.3, -0.25) is 20.2 Å². The largest absolute Gasteiger partial charge is 0.505 e. The van der Waals surface area contributed by atoms with Crippen molar-refractivity contribution in [2.24, 2.45) is 0 Å². The van der Waals surface area contributed by atoms with E-state index in [2.05, 4.69) is 10.6 Å². The van der Waals surface area contributed by atoms with E-state index in [0.717, 1.165) is 47.3 Å². The first-order chi connectivity index (χ1) is 24.1. The number of urea groups is 2. The number of carbonyl (C=O) groups is 2. The summed E-state index contributed by atoms with van der Waals surface area (Å²) < 4.78 is 0. The van der Waals surface area contributed by atoms with Crippen molar-refractivity contribution in [3.8, 4) is 22.6 Å². The van der Waals surface area contributed by atoms with Crippen molar-refractivity contribution in [3.05, 3.63) is 154 Å². The molecule has 0 radical (unpaired) electrons. The van der Waals surface area contributed by atoms with Gasteiger partial charge >= 0.3 is 12.1 Å². The van der Waals surface area contributed by atoms with Crippen LogP contribution in [0.15, 0.2) is 133 Å². The van der Waals surface area contributed by atoms with Crippen molar-refractivity contribution < 1.29 is 29.6 Å². The lowest BCUT2D eigenvalue weighted by molar-refractivity contribution is -0.385. The van der Waals surface area contributed by atoms with Crippen LogP contribution in [-0.4, -0.2) is 32.1 Å². The fraction of sp³-hybridized carbons (Fsp3) is 0. The summed E-state index contributed by atoms with van der Waals surface area (Å²) in [5, 5.41) is 53.5. The van der Waals surface area contributed by atoms with E-state index in [9.17, 15) is 40.0 Å². The highest BCUT2D eigenvalue weighted by molar-refractivity contribution is 6.16. The van der Waals surface area contributed by atoms with Crippen LogP contribution in [0.25, 0.3) is 21.9 Å². The number of amides is 4. The highest BCUT2D eigenvalue weighted by atomic mass is 16.6. The molecule has 0 unspecified atom stereocenters. The number of nitrogens with one attached hydrogen (secondary N) is 2. The van der Waals surface area contributed by atoms with E-state index in [1.54, 1.807) is 48.5 Å². The minimum atomic E-state index is -1.05. The van der Waals surface area contributed by atoms with Gasteiger partial charge in [-0.15, -0.1) is 0 Å². The molecule has 4 amide bonds. The minimum absolute atomic E-state index is 0.289. The molecule has 0 spiro atoms. The van der Waals surface area contributed by atoms with E-state index in [0.29, 0.717) is 26.7 Å². The number of nitro benzene ring substituents is 2. The molecule has 0 fully saturated rings. The number of hydrogen-bond donors (Lipinski definition) is 4. The monoisotopic (exact) mass is 670 g/mol. The molecule has 14 heteroatoms. The fourth-order valence-electron chi connectivity index (χ4n) is 5.36. The molecule has 4 N–H and O–H groups in total. The van der Waals surface area contributed by atoms with Crippen molar-refractivity contribution in [3.63, 3.8) is 0 Å². The Balaban J connectivity index is 1.53. The molecule has 6 aromatic carbocycles. The number of nitro groups is 2. The van der Waals surface area contributed by atoms with Crippen LogP contribution in [0, 0.1) is 20.2 Å². The molecule has 0 bridgehead atoms. The lowest BCUT2D eigenvalue weighted by Gasteiger charge is -2.35. The Morgan fingerprint density at radius 3 is 1.62 bits per heavy atom. The van der Waals surface area contributed by atoms with Gasteiger partial charge in [0.05, 0.1) is 33.4 Å². The number of para-hydroxylation sites is 1. The standard InChI is InChI=1S/C36H26N6O8/c43-33-21-25(41(47)48)17-19-31(33)39(35(45)37-29-15-7-6-14-27(29)23-9-2-1-3-10-23)40(32-20-18-26(42(49)50)22-34(32)44)36(46)38-30-16-8-12-24-11-4-5-13-28(24)30/h1-22,43-44H,(H,37,45)(H,38,46). The number of rotatable bonds is 7. The topological polar surface area (TPSA) is 191 Å². The first-order valence-electron chi connectivity index (χ1n) is 14.9. The van der Waals surface area contributed by atoms with Gasteiger partial charge in [0.15, 0.2) is 0 Å². The van der Waals surface area contributed by atoms with Gasteiger partial charge in [0.25, 0.3) is 11.4 Å². The molecule has 0 saturated heterocycles. The molecular formula is C36H26N6O8. The number of fused-ring (bicyclic) bond motifs is 1. The number of phenolic OH excluding ortho intramolecular Hbond substituents is 2. The number of benzene rings is 6. The Morgan fingerprint density at radius 1 is 0.560 bits per heavy atom. The van der Waals surface area contributed by atoms with Crippen LogP contribution < -0.4 is 20.7 Å². The molecule has 0 saturated carbocycles. The van der Waals surface area contributed by atoms with E-state index in [1.165, 1.54) is 0 Å². The summed E-state index contributed by atoms with van der Waals surface area (Å²) >= 11 is 0. The Bertz CT molecular complexity index is 2280. The number of non-ortho nitro benzene ring substituents is 2. The fourth-order valence-corrected chi connectivity index (χ4v) is 5.36. The first-order valence-corrected chi connectivity index (χ1v) is 14.9. The summed E-state index contributed by atoms with van der Waals surface area (Å²) in [6.07, 6.45) is 0. The highest BCUT2D eigenvalue weighted by Crippen LogP contribution is 2.39. The second kappa shape index (κ2) is 13.7. The molecule has 50 heavy (non-hydrogen) atoms. The molecule has 0 aliphatic carbocycles. The zero-order chi connectivity index (χ0) is 35.4. The van der Waals surface area contributed by atoms with Gasteiger partial charge in [0.2, 0.25) is 0 Å². The van der Waals surface area contributed by atoms with Crippen LogP contribution in [-0.2, 0) is 0 Å². The molecule has 0 atom stereocenters. The van der Waals surface area contributed by atoms with Crippen LogP contribution in [0.1, 0.15) is 0 Å². The molecule has 0 aliphatic rings.